The van der Waals surface area contributed by atoms with E-state index in [-0.39, 0.29) is 11.7 Å². The van der Waals surface area contributed by atoms with Crippen LogP contribution in [-0.2, 0) is 13.0 Å². The predicted octanol–water partition coefficient (Wildman–Crippen LogP) is 5.50. The largest absolute Gasteiger partial charge is 0.352 e. The third kappa shape index (κ3) is 4.48. The van der Waals surface area contributed by atoms with Gasteiger partial charge in [0.1, 0.15) is 11.6 Å². The van der Waals surface area contributed by atoms with Crippen molar-refractivity contribution < 1.29 is 9.18 Å². The van der Waals surface area contributed by atoms with Crippen molar-refractivity contribution in [3.8, 4) is 0 Å². The van der Waals surface area contributed by atoms with Gasteiger partial charge in [0.2, 0.25) is 0 Å². The highest BCUT2D eigenvalue weighted by Crippen LogP contribution is 2.24. The molecule has 1 aromatic heterocycles. The molecular formula is C23H18Cl2FN3O. The lowest BCUT2D eigenvalue weighted by molar-refractivity contribution is 0.0954. The molecule has 0 saturated heterocycles. The second-order valence-corrected chi connectivity index (χ2v) is 7.68. The maximum Gasteiger partial charge on any atom is 0.251 e. The SMILES string of the molecule is O=C(NCCc1nc2ccccc2n1Cc1ccc(Cl)c(Cl)c1)c1ccc(F)cc1. The molecule has 1 amide bonds. The van der Waals surface area contributed by atoms with E-state index in [9.17, 15) is 9.18 Å². The van der Waals surface area contributed by atoms with Crippen molar-refractivity contribution in [2.75, 3.05) is 6.54 Å². The fraction of sp³-hybridized carbons (Fsp3) is 0.130. The minimum atomic E-state index is -0.373. The molecule has 0 saturated carbocycles. The normalized spacial score (nSPS) is 11.0. The average molecular weight is 442 g/mol. The number of hydrogen-bond donors (Lipinski definition) is 1. The molecule has 0 aliphatic carbocycles. The van der Waals surface area contributed by atoms with Gasteiger partial charge in [0.05, 0.1) is 21.1 Å². The molecule has 1 N–H and O–H groups in total. The molecule has 0 aliphatic heterocycles. The number of hydrogen-bond acceptors (Lipinski definition) is 2. The molecule has 0 unspecified atom stereocenters. The number of aromatic nitrogens is 2. The molecule has 4 nitrogen and oxygen atoms in total. The van der Waals surface area contributed by atoms with Gasteiger partial charge in [0.25, 0.3) is 5.91 Å². The number of nitrogens with one attached hydrogen (secondary N) is 1. The Kier molecular flexibility index (Phi) is 6.02. The van der Waals surface area contributed by atoms with E-state index in [0.717, 1.165) is 22.4 Å². The molecule has 152 valence electrons. The van der Waals surface area contributed by atoms with Crippen LogP contribution in [0.25, 0.3) is 11.0 Å². The lowest BCUT2D eigenvalue weighted by atomic mass is 10.2. The van der Waals surface area contributed by atoms with Crippen molar-refractivity contribution in [3.63, 3.8) is 0 Å². The molecule has 30 heavy (non-hydrogen) atoms. The predicted molar refractivity (Wildman–Crippen MR) is 118 cm³/mol. The zero-order valence-corrected chi connectivity index (χ0v) is 17.4. The molecule has 7 heteroatoms. The number of nitrogens with zero attached hydrogens (tertiary/aromatic N) is 2. The Morgan fingerprint density at radius 3 is 2.53 bits per heavy atom. The van der Waals surface area contributed by atoms with Crippen molar-refractivity contribution in [1.82, 2.24) is 14.9 Å². The molecule has 3 aromatic carbocycles. The molecule has 1 heterocycles. The standard InChI is InChI=1S/C23H18Cl2FN3O/c24-18-10-5-15(13-19(18)25)14-29-21-4-2-1-3-20(21)28-22(29)11-12-27-23(30)16-6-8-17(26)9-7-16/h1-10,13H,11-12,14H2,(H,27,30). The highest BCUT2D eigenvalue weighted by atomic mass is 35.5. The first-order valence-electron chi connectivity index (χ1n) is 9.43. The summed E-state index contributed by atoms with van der Waals surface area (Å²) < 4.78 is 15.1. The third-order valence-electron chi connectivity index (χ3n) is 4.80. The topological polar surface area (TPSA) is 46.9 Å². The lowest BCUT2D eigenvalue weighted by Crippen LogP contribution is -2.26. The first kappa shape index (κ1) is 20.4. The minimum absolute atomic E-state index is 0.248. The van der Waals surface area contributed by atoms with E-state index in [1.807, 2.05) is 36.4 Å². The van der Waals surface area contributed by atoms with E-state index in [0.29, 0.717) is 35.1 Å². The quantitative estimate of drug-likeness (QED) is 0.429. The van der Waals surface area contributed by atoms with E-state index in [2.05, 4.69) is 9.88 Å². The molecule has 0 aliphatic rings. The fourth-order valence-electron chi connectivity index (χ4n) is 3.30. The average Bonchev–Trinajstić information content (AvgIpc) is 3.08. The number of halogens is 3. The Balaban J connectivity index is 1.53. The van der Waals surface area contributed by atoms with Gasteiger partial charge in [-0.1, -0.05) is 41.4 Å². The first-order chi connectivity index (χ1) is 14.5. The summed E-state index contributed by atoms with van der Waals surface area (Å²) in [4.78, 5) is 17.0. The van der Waals surface area contributed by atoms with Crippen LogP contribution >= 0.6 is 23.2 Å². The van der Waals surface area contributed by atoms with Crippen LogP contribution in [0.3, 0.4) is 0 Å². The van der Waals surface area contributed by atoms with Crippen LogP contribution < -0.4 is 5.32 Å². The number of rotatable bonds is 6. The molecule has 0 fully saturated rings. The second-order valence-electron chi connectivity index (χ2n) is 6.86. The van der Waals surface area contributed by atoms with Crippen LogP contribution in [-0.4, -0.2) is 22.0 Å². The summed E-state index contributed by atoms with van der Waals surface area (Å²) in [5.41, 5.74) is 3.31. The highest BCUT2D eigenvalue weighted by Gasteiger charge is 2.12. The summed E-state index contributed by atoms with van der Waals surface area (Å²) >= 11 is 12.2. The van der Waals surface area contributed by atoms with Crippen molar-refractivity contribution >= 4 is 40.1 Å². The Morgan fingerprint density at radius 2 is 1.77 bits per heavy atom. The van der Waals surface area contributed by atoms with E-state index < -0.39 is 0 Å². The molecule has 4 rings (SSSR count). The maximum absolute atomic E-state index is 13.0. The Bertz CT molecular complexity index is 1210. The van der Waals surface area contributed by atoms with Gasteiger partial charge in [-0.2, -0.15) is 0 Å². The van der Waals surface area contributed by atoms with Crippen molar-refractivity contribution in [2.45, 2.75) is 13.0 Å². The van der Waals surface area contributed by atoms with Crippen LogP contribution in [0.15, 0.2) is 66.7 Å². The summed E-state index contributed by atoms with van der Waals surface area (Å²) in [7, 11) is 0. The van der Waals surface area contributed by atoms with Gasteiger partial charge in [0.15, 0.2) is 0 Å². The lowest BCUT2D eigenvalue weighted by Gasteiger charge is -2.11. The minimum Gasteiger partial charge on any atom is -0.352 e. The number of fused-ring (bicyclic) bond motifs is 1. The van der Waals surface area contributed by atoms with Gasteiger partial charge in [-0.05, 0) is 54.1 Å². The molecule has 0 bridgehead atoms. The van der Waals surface area contributed by atoms with Crippen LogP contribution in [0.1, 0.15) is 21.7 Å². The monoisotopic (exact) mass is 441 g/mol. The summed E-state index contributed by atoms with van der Waals surface area (Å²) in [5, 5.41) is 3.89. The summed E-state index contributed by atoms with van der Waals surface area (Å²) in [6, 6.07) is 18.9. The van der Waals surface area contributed by atoms with E-state index in [1.54, 1.807) is 6.07 Å². The smallest absolute Gasteiger partial charge is 0.251 e. The van der Waals surface area contributed by atoms with Gasteiger partial charge in [0, 0.05) is 25.1 Å². The van der Waals surface area contributed by atoms with Gasteiger partial charge >= 0.3 is 0 Å². The Labute approximate surface area is 183 Å². The van der Waals surface area contributed by atoms with E-state index >= 15 is 0 Å². The van der Waals surface area contributed by atoms with Crippen molar-refractivity contribution in [3.05, 3.63) is 99.5 Å². The number of benzene rings is 3. The summed E-state index contributed by atoms with van der Waals surface area (Å²) in [6.07, 6.45) is 0.545. The number of carbonyl (C=O) groups is 1. The van der Waals surface area contributed by atoms with Crippen LogP contribution in [0.4, 0.5) is 4.39 Å². The fourth-order valence-corrected chi connectivity index (χ4v) is 3.63. The molecule has 0 atom stereocenters. The molecular weight excluding hydrogens is 424 g/mol. The summed E-state index contributed by atoms with van der Waals surface area (Å²) in [6.45, 7) is 0.986. The maximum atomic E-state index is 13.0. The van der Waals surface area contributed by atoms with E-state index in [4.69, 9.17) is 28.2 Å². The molecule has 4 aromatic rings. The van der Waals surface area contributed by atoms with Crippen LogP contribution in [0, 0.1) is 5.82 Å². The molecule has 0 radical (unpaired) electrons. The number of imidazole rings is 1. The first-order valence-corrected chi connectivity index (χ1v) is 10.2. The van der Waals surface area contributed by atoms with Crippen molar-refractivity contribution in [1.29, 1.82) is 0 Å². The van der Waals surface area contributed by atoms with Gasteiger partial charge in [-0.3, -0.25) is 4.79 Å². The summed E-state index contributed by atoms with van der Waals surface area (Å²) in [5.74, 6) is 0.228. The third-order valence-corrected chi connectivity index (χ3v) is 5.54. The van der Waals surface area contributed by atoms with Gasteiger partial charge in [-0.15, -0.1) is 0 Å². The van der Waals surface area contributed by atoms with Gasteiger partial charge < -0.3 is 9.88 Å². The highest BCUT2D eigenvalue weighted by molar-refractivity contribution is 6.42. The second kappa shape index (κ2) is 8.86. The van der Waals surface area contributed by atoms with Gasteiger partial charge in [-0.25, -0.2) is 9.37 Å². The van der Waals surface area contributed by atoms with Crippen molar-refractivity contribution in [2.24, 2.45) is 0 Å². The van der Waals surface area contributed by atoms with Crippen LogP contribution in [0.2, 0.25) is 10.0 Å². The number of para-hydroxylation sites is 2. The zero-order valence-electron chi connectivity index (χ0n) is 15.9. The van der Waals surface area contributed by atoms with E-state index in [1.165, 1.54) is 24.3 Å². The number of carbonyl (C=O) groups excluding carboxylic acids is 1. The number of amides is 1. The van der Waals surface area contributed by atoms with Crippen LogP contribution in [0.5, 0.6) is 0 Å². The molecule has 0 spiro atoms. The Hall–Kier alpha value is -2.89. The Morgan fingerprint density at radius 1 is 1.00 bits per heavy atom. The zero-order chi connectivity index (χ0) is 21.1.